The maximum atomic E-state index is 12.6. The highest BCUT2D eigenvalue weighted by atomic mass is 32.1. The van der Waals surface area contributed by atoms with Crippen molar-refractivity contribution in [1.82, 2.24) is 14.9 Å². The number of hydrogen-bond acceptors (Lipinski definition) is 6. The molecule has 10 heteroatoms. The highest BCUT2D eigenvalue weighted by Gasteiger charge is 2.45. The molecule has 1 aliphatic heterocycles. The number of anilines is 1. The minimum absolute atomic E-state index is 0.345. The van der Waals surface area contributed by atoms with Crippen molar-refractivity contribution in [3.05, 3.63) is 29.7 Å². The van der Waals surface area contributed by atoms with E-state index in [2.05, 4.69) is 15.3 Å². The van der Waals surface area contributed by atoms with E-state index in [0.717, 1.165) is 29.0 Å². The van der Waals surface area contributed by atoms with Gasteiger partial charge in [0.2, 0.25) is 11.8 Å². The van der Waals surface area contributed by atoms with Crippen LogP contribution in [0.25, 0.3) is 10.4 Å². The molecule has 2 aromatic rings. The largest absolute Gasteiger partial charge is 0.369 e. The SMILES string of the molecule is Cc1nc(NC(=O)N2CCCC2C(N)=O)sc1-c1ccnc(C2(C(N)=O)CCC2)c1. The Hall–Kier alpha value is -3.01. The number of carbonyl (C=O) groups is 3. The molecule has 0 radical (unpaired) electrons. The third kappa shape index (κ3) is 3.41. The lowest BCUT2D eigenvalue weighted by Gasteiger charge is -2.38. The summed E-state index contributed by atoms with van der Waals surface area (Å²) in [7, 11) is 0. The van der Waals surface area contributed by atoms with Crippen LogP contribution >= 0.6 is 11.3 Å². The quantitative estimate of drug-likeness (QED) is 0.666. The van der Waals surface area contributed by atoms with Crippen molar-refractivity contribution in [3.8, 4) is 10.4 Å². The molecule has 158 valence electrons. The number of nitrogens with two attached hydrogens (primary N) is 2. The molecule has 4 rings (SSSR count). The van der Waals surface area contributed by atoms with E-state index in [1.165, 1.54) is 16.2 Å². The maximum absolute atomic E-state index is 12.6. The molecule has 1 atom stereocenters. The smallest absolute Gasteiger partial charge is 0.324 e. The fraction of sp³-hybridized carbons (Fsp3) is 0.450. The van der Waals surface area contributed by atoms with Crippen LogP contribution in [0.2, 0.25) is 0 Å². The predicted octanol–water partition coefficient (Wildman–Crippen LogP) is 1.90. The topological polar surface area (TPSA) is 144 Å². The standard InChI is InChI=1S/C20H24N6O3S/c1-11-15(12-5-8-23-14(10-12)20(17(22)28)6-3-7-20)30-18(24-11)25-19(29)26-9-2-4-13(26)16(21)27/h5,8,10,13H,2-4,6-7,9H2,1H3,(H2,21,27)(H2,22,28)(H,24,25,29). The van der Waals surface area contributed by atoms with Crippen LogP contribution < -0.4 is 16.8 Å². The summed E-state index contributed by atoms with van der Waals surface area (Å²) in [6.45, 7) is 2.34. The van der Waals surface area contributed by atoms with Crippen LogP contribution in [0.4, 0.5) is 9.93 Å². The minimum Gasteiger partial charge on any atom is -0.369 e. The number of nitrogens with one attached hydrogen (secondary N) is 1. The number of primary amides is 2. The highest BCUT2D eigenvalue weighted by molar-refractivity contribution is 7.19. The summed E-state index contributed by atoms with van der Waals surface area (Å²) in [6, 6.07) is 2.78. The number of hydrogen-bond donors (Lipinski definition) is 3. The van der Waals surface area contributed by atoms with Gasteiger partial charge >= 0.3 is 6.03 Å². The molecule has 3 heterocycles. The van der Waals surface area contributed by atoms with Gasteiger partial charge in [0, 0.05) is 12.7 Å². The maximum Gasteiger partial charge on any atom is 0.324 e. The van der Waals surface area contributed by atoms with Crippen LogP contribution in [-0.2, 0) is 15.0 Å². The van der Waals surface area contributed by atoms with Gasteiger partial charge in [-0.05, 0) is 50.3 Å². The lowest BCUT2D eigenvalue weighted by Crippen LogP contribution is -2.47. The zero-order chi connectivity index (χ0) is 21.5. The first-order valence-electron chi connectivity index (χ1n) is 9.93. The Kier molecular flexibility index (Phi) is 5.19. The fourth-order valence-electron chi connectivity index (χ4n) is 4.18. The zero-order valence-corrected chi connectivity index (χ0v) is 17.5. The summed E-state index contributed by atoms with van der Waals surface area (Å²) in [5.74, 6) is -0.843. The van der Waals surface area contributed by atoms with Crippen molar-refractivity contribution in [2.24, 2.45) is 11.5 Å². The van der Waals surface area contributed by atoms with Gasteiger partial charge in [-0.1, -0.05) is 17.8 Å². The van der Waals surface area contributed by atoms with E-state index < -0.39 is 17.4 Å². The van der Waals surface area contributed by atoms with Crippen molar-refractivity contribution in [2.45, 2.75) is 50.5 Å². The van der Waals surface area contributed by atoms with E-state index in [0.29, 0.717) is 36.6 Å². The number of urea groups is 1. The molecule has 0 aromatic carbocycles. The molecule has 2 aliphatic rings. The molecular weight excluding hydrogens is 404 g/mol. The Morgan fingerprint density at radius 2 is 2.03 bits per heavy atom. The molecule has 4 amide bonds. The van der Waals surface area contributed by atoms with Crippen molar-refractivity contribution in [1.29, 1.82) is 0 Å². The van der Waals surface area contributed by atoms with E-state index in [-0.39, 0.29) is 11.9 Å². The highest BCUT2D eigenvalue weighted by Crippen LogP contribution is 2.44. The van der Waals surface area contributed by atoms with Crippen LogP contribution in [-0.4, -0.2) is 45.3 Å². The molecule has 2 aromatic heterocycles. The number of pyridine rings is 1. The average Bonchev–Trinajstić information content (AvgIpc) is 3.27. The number of nitrogens with zero attached hydrogens (tertiary/aromatic N) is 3. The number of amides is 4. The summed E-state index contributed by atoms with van der Waals surface area (Å²) >= 11 is 1.33. The number of thiazole rings is 1. The van der Waals surface area contributed by atoms with Crippen LogP contribution in [0.15, 0.2) is 18.3 Å². The third-order valence-electron chi connectivity index (χ3n) is 6.04. The van der Waals surface area contributed by atoms with Gasteiger partial charge in [-0.2, -0.15) is 0 Å². The van der Waals surface area contributed by atoms with Gasteiger partial charge in [0.05, 0.1) is 21.7 Å². The van der Waals surface area contributed by atoms with Gasteiger partial charge in [0.15, 0.2) is 5.13 Å². The Morgan fingerprint density at radius 1 is 1.27 bits per heavy atom. The molecule has 1 aliphatic carbocycles. The summed E-state index contributed by atoms with van der Waals surface area (Å²) in [4.78, 5) is 47.4. The molecular formula is C20H24N6O3S. The van der Waals surface area contributed by atoms with Gasteiger partial charge < -0.3 is 16.4 Å². The van der Waals surface area contributed by atoms with Crippen LogP contribution in [0.5, 0.6) is 0 Å². The first kappa shape index (κ1) is 20.3. The fourth-order valence-corrected chi connectivity index (χ4v) is 5.13. The Balaban J connectivity index is 1.56. The van der Waals surface area contributed by atoms with E-state index in [4.69, 9.17) is 11.5 Å². The van der Waals surface area contributed by atoms with Crippen LogP contribution in [0.3, 0.4) is 0 Å². The third-order valence-corrected chi connectivity index (χ3v) is 7.17. The number of likely N-dealkylation sites (tertiary alicyclic amines) is 1. The Bertz CT molecular complexity index is 1020. The number of rotatable bonds is 5. The van der Waals surface area contributed by atoms with Gasteiger partial charge in [-0.3, -0.25) is 19.9 Å². The molecule has 30 heavy (non-hydrogen) atoms. The summed E-state index contributed by atoms with van der Waals surface area (Å²) in [5, 5.41) is 3.22. The second kappa shape index (κ2) is 7.67. The number of carbonyl (C=O) groups excluding carboxylic acids is 3. The van der Waals surface area contributed by atoms with Crippen molar-refractivity contribution < 1.29 is 14.4 Å². The average molecular weight is 429 g/mol. The molecule has 2 fully saturated rings. The molecule has 9 nitrogen and oxygen atoms in total. The van der Waals surface area contributed by atoms with Crippen molar-refractivity contribution >= 4 is 34.3 Å². The summed E-state index contributed by atoms with van der Waals surface area (Å²) in [6.07, 6.45) is 5.36. The first-order chi connectivity index (χ1) is 14.3. The van der Waals surface area contributed by atoms with E-state index in [1.54, 1.807) is 6.20 Å². The van der Waals surface area contributed by atoms with Crippen LogP contribution in [0.1, 0.15) is 43.5 Å². The molecule has 0 bridgehead atoms. The van der Waals surface area contributed by atoms with Gasteiger partial charge in [0.25, 0.3) is 0 Å². The number of aromatic nitrogens is 2. The summed E-state index contributed by atoms with van der Waals surface area (Å²) < 4.78 is 0. The second-order valence-corrected chi connectivity index (χ2v) is 8.85. The predicted molar refractivity (Wildman–Crippen MR) is 113 cm³/mol. The molecule has 1 unspecified atom stereocenters. The molecule has 5 N–H and O–H groups in total. The lowest BCUT2D eigenvalue weighted by molar-refractivity contribution is -0.126. The first-order valence-corrected chi connectivity index (χ1v) is 10.7. The Morgan fingerprint density at radius 3 is 2.67 bits per heavy atom. The van der Waals surface area contributed by atoms with Crippen molar-refractivity contribution in [3.63, 3.8) is 0 Å². The Labute approximate surface area is 177 Å². The van der Waals surface area contributed by atoms with Gasteiger partial charge in [0.1, 0.15) is 6.04 Å². The zero-order valence-electron chi connectivity index (χ0n) is 16.7. The summed E-state index contributed by atoms with van der Waals surface area (Å²) in [5.41, 5.74) is 12.7. The number of aryl methyl sites for hydroxylation is 1. The van der Waals surface area contributed by atoms with E-state index >= 15 is 0 Å². The molecule has 1 saturated heterocycles. The van der Waals surface area contributed by atoms with Gasteiger partial charge in [-0.25, -0.2) is 9.78 Å². The van der Waals surface area contributed by atoms with E-state index in [1.807, 2.05) is 19.1 Å². The normalized spacial score (nSPS) is 19.9. The molecule has 1 saturated carbocycles. The van der Waals surface area contributed by atoms with Crippen molar-refractivity contribution in [2.75, 3.05) is 11.9 Å². The second-order valence-electron chi connectivity index (χ2n) is 7.85. The van der Waals surface area contributed by atoms with Crippen LogP contribution in [0, 0.1) is 6.92 Å². The van der Waals surface area contributed by atoms with Gasteiger partial charge in [-0.15, -0.1) is 0 Å². The van der Waals surface area contributed by atoms with E-state index in [9.17, 15) is 14.4 Å². The lowest BCUT2D eigenvalue weighted by atomic mass is 9.65. The monoisotopic (exact) mass is 428 g/mol. The molecule has 0 spiro atoms. The minimum atomic E-state index is -0.689.